The lowest BCUT2D eigenvalue weighted by Gasteiger charge is -2.21. The Balaban J connectivity index is 3.22. The number of hydrogen-bond acceptors (Lipinski definition) is 0. The van der Waals surface area contributed by atoms with Gasteiger partial charge in [-0.15, -0.1) is 5.54 Å². The van der Waals surface area contributed by atoms with E-state index in [9.17, 15) is 0 Å². The molecule has 0 saturated heterocycles. The minimum Gasteiger partial charge on any atom is -0.126 e. The smallest absolute Gasteiger partial charge is 0.126 e. The molecule has 20 heavy (non-hydrogen) atoms. The van der Waals surface area contributed by atoms with Gasteiger partial charge in [-0.05, 0) is 47.7 Å². The zero-order chi connectivity index (χ0) is 15.4. The van der Waals surface area contributed by atoms with Crippen molar-refractivity contribution in [1.82, 2.24) is 0 Å². The van der Waals surface area contributed by atoms with Crippen LogP contribution in [0.4, 0.5) is 0 Å². The molecule has 0 bridgehead atoms. The van der Waals surface area contributed by atoms with E-state index in [1.807, 2.05) is 0 Å². The number of aryl methyl sites for hydroxylation is 1. The van der Waals surface area contributed by atoms with Crippen LogP contribution in [-0.4, -0.2) is 8.07 Å². The van der Waals surface area contributed by atoms with Gasteiger partial charge in [0.25, 0.3) is 0 Å². The first kappa shape index (κ1) is 17.0. The van der Waals surface area contributed by atoms with Gasteiger partial charge in [0.1, 0.15) is 8.07 Å². The molecule has 0 aliphatic carbocycles. The van der Waals surface area contributed by atoms with Crippen LogP contribution in [-0.2, 0) is 5.41 Å². The van der Waals surface area contributed by atoms with Gasteiger partial charge < -0.3 is 0 Å². The van der Waals surface area contributed by atoms with Crippen molar-refractivity contribution in [1.29, 1.82) is 0 Å². The van der Waals surface area contributed by atoms with Crippen molar-refractivity contribution in [2.75, 3.05) is 0 Å². The van der Waals surface area contributed by atoms with E-state index in [4.69, 9.17) is 0 Å². The van der Waals surface area contributed by atoms with E-state index < -0.39 is 8.07 Å². The van der Waals surface area contributed by atoms with Crippen molar-refractivity contribution in [2.24, 2.45) is 0 Å². The van der Waals surface area contributed by atoms with Crippen molar-refractivity contribution >= 4 is 8.07 Å². The molecule has 0 aromatic heterocycles. The van der Waals surface area contributed by atoms with Crippen LogP contribution in [0.5, 0.6) is 0 Å². The Labute approximate surface area is 127 Å². The molecule has 0 radical (unpaired) electrons. The van der Waals surface area contributed by atoms with Crippen molar-refractivity contribution in [3.05, 3.63) is 34.9 Å². The van der Waals surface area contributed by atoms with Gasteiger partial charge >= 0.3 is 0 Å². The lowest BCUT2D eigenvalue weighted by Crippen LogP contribution is -2.29. The molecule has 0 heterocycles. The van der Waals surface area contributed by atoms with Gasteiger partial charge in [-0.3, -0.25) is 0 Å². The summed E-state index contributed by atoms with van der Waals surface area (Å²) in [7, 11) is -1.35. The highest BCUT2D eigenvalue weighted by atomic mass is 28.3. The van der Waals surface area contributed by atoms with Crippen molar-refractivity contribution in [2.45, 2.75) is 72.0 Å². The molecule has 1 rings (SSSR count). The molecule has 0 spiro atoms. The molecular formula is C19H30Si. The van der Waals surface area contributed by atoms with E-state index in [0.717, 1.165) is 0 Å². The Morgan fingerprint density at radius 1 is 1.00 bits per heavy atom. The van der Waals surface area contributed by atoms with Crippen LogP contribution >= 0.6 is 0 Å². The Bertz CT molecular complexity index is 497. The first-order chi connectivity index (χ1) is 9.28. The molecule has 110 valence electrons. The summed E-state index contributed by atoms with van der Waals surface area (Å²) in [6.07, 6.45) is 0. The minimum absolute atomic E-state index is 0.193. The Kier molecular flexibility index (Phi) is 5.65. The Morgan fingerprint density at radius 2 is 1.55 bits per heavy atom. The Morgan fingerprint density at radius 3 is 2.00 bits per heavy atom. The fourth-order valence-corrected chi connectivity index (χ4v) is 4.87. The van der Waals surface area contributed by atoms with Crippen LogP contribution in [0.25, 0.3) is 0 Å². The SMILES string of the molecule is CC[Si](C#Cc1cc(C(C)(C)C)ccc1C)(CC)CC. The summed E-state index contributed by atoms with van der Waals surface area (Å²) in [6, 6.07) is 10.6. The van der Waals surface area contributed by atoms with Gasteiger partial charge in [0, 0.05) is 5.56 Å². The predicted octanol–water partition coefficient (Wildman–Crippen LogP) is 5.69. The maximum atomic E-state index is 3.71. The molecule has 0 N–H and O–H groups in total. The lowest BCUT2D eigenvalue weighted by molar-refractivity contribution is 0.590. The monoisotopic (exact) mass is 286 g/mol. The van der Waals surface area contributed by atoms with Gasteiger partial charge in [0.2, 0.25) is 0 Å². The van der Waals surface area contributed by atoms with E-state index in [0.29, 0.717) is 0 Å². The van der Waals surface area contributed by atoms with Crippen molar-refractivity contribution in [3.63, 3.8) is 0 Å². The normalized spacial score (nSPS) is 11.9. The summed E-state index contributed by atoms with van der Waals surface area (Å²) >= 11 is 0. The van der Waals surface area contributed by atoms with Gasteiger partial charge in [0.15, 0.2) is 0 Å². The highest BCUT2D eigenvalue weighted by Crippen LogP contribution is 2.25. The summed E-state index contributed by atoms with van der Waals surface area (Å²) in [4.78, 5) is 0. The first-order valence-corrected chi connectivity index (χ1v) is 10.5. The van der Waals surface area contributed by atoms with Crippen molar-refractivity contribution in [3.8, 4) is 11.5 Å². The molecule has 0 fully saturated rings. The van der Waals surface area contributed by atoms with Gasteiger partial charge in [-0.1, -0.05) is 59.6 Å². The first-order valence-electron chi connectivity index (χ1n) is 7.92. The summed E-state index contributed by atoms with van der Waals surface area (Å²) in [5.41, 5.74) is 7.81. The second-order valence-electron chi connectivity index (χ2n) is 6.87. The second kappa shape index (κ2) is 6.63. The third-order valence-electron chi connectivity index (χ3n) is 4.60. The number of benzene rings is 1. The van der Waals surface area contributed by atoms with Gasteiger partial charge in [0.05, 0.1) is 0 Å². The van der Waals surface area contributed by atoms with Gasteiger partial charge in [-0.25, -0.2) is 0 Å². The topological polar surface area (TPSA) is 0 Å². The van der Waals surface area contributed by atoms with Gasteiger partial charge in [-0.2, -0.15) is 0 Å². The molecule has 0 aliphatic rings. The third-order valence-corrected chi connectivity index (χ3v) is 9.31. The molecule has 0 atom stereocenters. The highest BCUT2D eigenvalue weighted by molar-refractivity contribution is 6.87. The maximum Gasteiger partial charge on any atom is 0.138 e. The average Bonchev–Trinajstić information content (AvgIpc) is 2.41. The zero-order valence-corrected chi connectivity index (χ0v) is 15.4. The van der Waals surface area contributed by atoms with E-state index in [1.165, 1.54) is 34.8 Å². The zero-order valence-electron chi connectivity index (χ0n) is 14.4. The summed E-state index contributed by atoms with van der Waals surface area (Å²) in [6.45, 7) is 15.9. The minimum atomic E-state index is -1.35. The molecule has 0 saturated carbocycles. The van der Waals surface area contributed by atoms with E-state index in [-0.39, 0.29) is 5.41 Å². The molecule has 0 amide bonds. The predicted molar refractivity (Wildman–Crippen MR) is 94.0 cm³/mol. The van der Waals surface area contributed by atoms with Crippen LogP contribution in [0.1, 0.15) is 58.2 Å². The third kappa shape index (κ3) is 3.99. The van der Waals surface area contributed by atoms with Crippen LogP contribution in [0, 0.1) is 18.4 Å². The molecule has 0 nitrogen and oxygen atoms in total. The molecule has 1 aromatic rings. The number of rotatable bonds is 3. The van der Waals surface area contributed by atoms with Crippen LogP contribution in [0.15, 0.2) is 18.2 Å². The average molecular weight is 287 g/mol. The summed E-state index contributed by atoms with van der Waals surface area (Å²) in [5.74, 6) is 3.53. The number of hydrogen-bond donors (Lipinski definition) is 0. The van der Waals surface area contributed by atoms with E-state index in [1.54, 1.807) is 0 Å². The molecule has 0 unspecified atom stereocenters. The fourth-order valence-electron chi connectivity index (χ4n) is 2.44. The highest BCUT2D eigenvalue weighted by Gasteiger charge is 2.24. The lowest BCUT2D eigenvalue weighted by atomic mass is 9.85. The fraction of sp³-hybridized carbons (Fsp3) is 0.579. The quantitative estimate of drug-likeness (QED) is 0.494. The molecule has 1 aromatic carbocycles. The van der Waals surface area contributed by atoms with Crippen LogP contribution in [0.2, 0.25) is 18.1 Å². The second-order valence-corrected chi connectivity index (χ2v) is 11.8. The molecule has 1 heteroatoms. The Hall–Kier alpha value is -1.00. The summed E-state index contributed by atoms with van der Waals surface area (Å²) in [5, 5.41) is 0. The largest absolute Gasteiger partial charge is 0.138 e. The van der Waals surface area contributed by atoms with Crippen LogP contribution < -0.4 is 0 Å². The van der Waals surface area contributed by atoms with Crippen molar-refractivity contribution < 1.29 is 0 Å². The van der Waals surface area contributed by atoms with Crippen LogP contribution in [0.3, 0.4) is 0 Å². The molecule has 0 aliphatic heterocycles. The van der Waals surface area contributed by atoms with E-state index >= 15 is 0 Å². The van der Waals surface area contributed by atoms with E-state index in [2.05, 4.69) is 78.1 Å². The standard InChI is InChI=1S/C19H30Si/c1-8-20(9-2,10-3)14-13-17-15-18(19(5,6)7)12-11-16(17)4/h11-12,15H,8-10H2,1-7H3. The summed E-state index contributed by atoms with van der Waals surface area (Å²) < 4.78 is 0. The maximum absolute atomic E-state index is 3.71. The molecular weight excluding hydrogens is 256 g/mol.